The summed E-state index contributed by atoms with van der Waals surface area (Å²) in [5.74, 6) is 0.856. The number of likely N-dealkylation sites (N-methyl/N-ethyl adjacent to an activating group) is 1. The highest BCUT2D eigenvalue weighted by molar-refractivity contribution is 7.09. The molecule has 0 aromatic carbocycles. The number of carbonyl (C=O) groups is 1. The largest absolute Gasteiger partial charge is 0.338 e. The highest BCUT2D eigenvalue weighted by Crippen LogP contribution is 2.20. The highest BCUT2D eigenvalue weighted by Gasteiger charge is 2.20. The van der Waals surface area contributed by atoms with Crippen LogP contribution in [0.4, 0.5) is 0 Å². The van der Waals surface area contributed by atoms with Gasteiger partial charge in [-0.05, 0) is 12.3 Å². The molecule has 0 saturated heterocycles. The van der Waals surface area contributed by atoms with Crippen LogP contribution in [0.1, 0.15) is 50.7 Å². The first-order valence-electron chi connectivity index (χ1n) is 6.76. The molecule has 1 amide bonds. The number of nitrogens with two attached hydrogens (primary N) is 1. The normalized spacial score (nSPS) is 13.1. The van der Waals surface area contributed by atoms with E-state index in [1.165, 1.54) is 0 Å². The van der Waals surface area contributed by atoms with Gasteiger partial charge < -0.3 is 10.6 Å². The first-order valence-corrected chi connectivity index (χ1v) is 7.64. The molecule has 0 unspecified atom stereocenters. The molecule has 0 fully saturated rings. The van der Waals surface area contributed by atoms with Gasteiger partial charge in [-0.25, -0.2) is 4.98 Å². The number of amides is 1. The van der Waals surface area contributed by atoms with E-state index in [1.54, 1.807) is 23.3 Å². The molecule has 4 nitrogen and oxygen atoms in total. The zero-order valence-corrected chi connectivity index (χ0v) is 13.3. The predicted octanol–water partition coefficient (Wildman–Crippen LogP) is 2.60. The molecular formula is C14H25N3OS. The molecule has 1 atom stereocenters. The van der Waals surface area contributed by atoms with Gasteiger partial charge in [0.1, 0.15) is 0 Å². The molecular weight excluding hydrogens is 258 g/mol. The monoisotopic (exact) mass is 283 g/mol. The summed E-state index contributed by atoms with van der Waals surface area (Å²) in [6.45, 7) is 8.92. The van der Waals surface area contributed by atoms with Crippen molar-refractivity contribution in [1.82, 2.24) is 9.88 Å². The Morgan fingerprint density at radius 2 is 2.05 bits per heavy atom. The van der Waals surface area contributed by atoms with Gasteiger partial charge in [-0.15, -0.1) is 11.3 Å². The number of carbonyl (C=O) groups excluding carboxylic acids is 1. The first-order chi connectivity index (χ1) is 8.81. The minimum Gasteiger partial charge on any atom is -0.338 e. The molecule has 1 aromatic heterocycles. The van der Waals surface area contributed by atoms with Gasteiger partial charge in [0.2, 0.25) is 5.91 Å². The predicted molar refractivity (Wildman–Crippen MR) is 80.1 cm³/mol. The van der Waals surface area contributed by atoms with Crippen LogP contribution in [-0.4, -0.2) is 28.9 Å². The fourth-order valence-electron chi connectivity index (χ4n) is 1.87. The van der Waals surface area contributed by atoms with Crippen LogP contribution >= 0.6 is 11.3 Å². The second kappa shape index (κ2) is 7.01. The van der Waals surface area contributed by atoms with E-state index in [0.29, 0.717) is 18.4 Å². The van der Waals surface area contributed by atoms with E-state index < -0.39 is 6.04 Å². The van der Waals surface area contributed by atoms with Gasteiger partial charge in [0.25, 0.3) is 0 Å². The Hall–Kier alpha value is -0.940. The summed E-state index contributed by atoms with van der Waals surface area (Å²) in [6.07, 6.45) is 0.720. The lowest BCUT2D eigenvalue weighted by Crippen LogP contribution is -2.42. The lowest BCUT2D eigenvalue weighted by molar-refractivity contribution is -0.132. The van der Waals surface area contributed by atoms with Gasteiger partial charge in [0, 0.05) is 18.3 Å². The van der Waals surface area contributed by atoms with E-state index in [1.807, 2.05) is 5.38 Å². The summed E-state index contributed by atoms with van der Waals surface area (Å²) in [7, 11) is 1.79. The van der Waals surface area contributed by atoms with E-state index in [0.717, 1.165) is 17.1 Å². The van der Waals surface area contributed by atoms with Gasteiger partial charge >= 0.3 is 0 Å². The van der Waals surface area contributed by atoms with Crippen molar-refractivity contribution in [3.8, 4) is 0 Å². The quantitative estimate of drug-likeness (QED) is 0.873. The van der Waals surface area contributed by atoms with Gasteiger partial charge in [0.15, 0.2) is 0 Å². The average molecular weight is 283 g/mol. The van der Waals surface area contributed by atoms with Crippen LogP contribution < -0.4 is 5.73 Å². The van der Waals surface area contributed by atoms with Crippen molar-refractivity contribution in [2.45, 2.75) is 52.6 Å². The van der Waals surface area contributed by atoms with Crippen molar-refractivity contribution < 1.29 is 4.79 Å². The van der Waals surface area contributed by atoms with Crippen molar-refractivity contribution >= 4 is 17.2 Å². The van der Waals surface area contributed by atoms with E-state index >= 15 is 0 Å². The summed E-state index contributed by atoms with van der Waals surface area (Å²) in [5.41, 5.74) is 6.86. The SMILES string of the molecule is CC(C)C[C@@H](N)C(=O)N(C)Cc1csc(C(C)C)n1. The summed E-state index contributed by atoms with van der Waals surface area (Å²) < 4.78 is 0. The van der Waals surface area contributed by atoms with Crippen molar-refractivity contribution in [1.29, 1.82) is 0 Å². The molecule has 19 heavy (non-hydrogen) atoms. The Morgan fingerprint density at radius 1 is 1.42 bits per heavy atom. The van der Waals surface area contributed by atoms with E-state index in [9.17, 15) is 4.79 Å². The summed E-state index contributed by atoms with van der Waals surface area (Å²) in [5, 5.41) is 3.13. The van der Waals surface area contributed by atoms with Crippen molar-refractivity contribution in [2.75, 3.05) is 7.05 Å². The van der Waals surface area contributed by atoms with Crippen LogP contribution in [0.15, 0.2) is 5.38 Å². The van der Waals surface area contributed by atoms with Crippen LogP contribution in [-0.2, 0) is 11.3 Å². The lowest BCUT2D eigenvalue weighted by Gasteiger charge is -2.21. The van der Waals surface area contributed by atoms with Gasteiger partial charge in [-0.2, -0.15) is 0 Å². The minimum absolute atomic E-state index is 0.00667. The van der Waals surface area contributed by atoms with Crippen molar-refractivity contribution in [3.63, 3.8) is 0 Å². The third-order valence-corrected chi connectivity index (χ3v) is 4.08. The lowest BCUT2D eigenvalue weighted by atomic mass is 10.0. The second-order valence-corrected chi connectivity index (χ2v) is 6.65. The number of hydrogen-bond acceptors (Lipinski definition) is 4. The molecule has 0 aliphatic heterocycles. The van der Waals surface area contributed by atoms with Crippen LogP contribution in [0.3, 0.4) is 0 Å². The summed E-state index contributed by atoms with van der Waals surface area (Å²) >= 11 is 1.65. The third-order valence-electron chi connectivity index (χ3n) is 2.88. The maximum atomic E-state index is 12.1. The minimum atomic E-state index is -0.409. The Labute approximate surface area is 120 Å². The zero-order valence-electron chi connectivity index (χ0n) is 12.5. The molecule has 2 N–H and O–H groups in total. The number of hydrogen-bond donors (Lipinski definition) is 1. The first kappa shape index (κ1) is 16.1. The maximum absolute atomic E-state index is 12.1. The number of thiazole rings is 1. The fraction of sp³-hybridized carbons (Fsp3) is 0.714. The highest BCUT2D eigenvalue weighted by atomic mass is 32.1. The Bertz CT molecular complexity index is 415. The van der Waals surface area contributed by atoms with Gasteiger partial charge in [0.05, 0.1) is 23.3 Å². The zero-order chi connectivity index (χ0) is 14.6. The van der Waals surface area contributed by atoms with Crippen LogP contribution in [0.5, 0.6) is 0 Å². The molecule has 0 radical (unpaired) electrons. The molecule has 0 spiro atoms. The molecule has 5 heteroatoms. The van der Waals surface area contributed by atoms with E-state index in [2.05, 4.69) is 32.7 Å². The molecule has 0 aliphatic rings. The molecule has 0 saturated carbocycles. The number of aromatic nitrogens is 1. The molecule has 0 bridgehead atoms. The smallest absolute Gasteiger partial charge is 0.239 e. The summed E-state index contributed by atoms with van der Waals surface area (Å²) in [6, 6.07) is -0.409. The fourth-order valence-corrected chi connectivity index (χ4v) is 2.70. The Kier molecular flexibility index (Phi) is 5.94. The summed E-state index contributed by atoms with van der Waals surface area (Å²) in [4.78, 5) is 18.3. The standard InChI is InChI=1S/C14H25N3OS/c1-9(2)6-12(15)14(18)17(5)7-11-8-19-13(16-11)10(3)4/h8-10,12H,6-7,15H2,1-5H3/t12-/m1/s1. The molecule has 1 aromatic rings. The van der Waals surface area contributed by atoms with E-state index in [4.69, 9.17) is 5.73 Å². The molecule has 0 aliphatic carbocycles. The third kappa shape index (κ3) is 4.91. The van der Waals surface area contributed by atoms with Crippen molar-refractivity contribution in [2.24, 2.45) is 11.7 Å². The van der Waals surface area contributed by atoms with Gasteiger partial charge in [-0.3, -0.25) is 4.79 Å². The number of rotatable bonds is 6. The van der Waals surface area contributed by atoms with Crippen LogP contribution in [0, 0.1) is 5.92 Å². The maximum Gasteiger partial charge on any atom is 0.239 e. The molecule has 108 valence electrons. The van der Waals surface area contributed by atoms with Gasteiger partial charge in [-0.1, -0.05) is 27.7 Å². The van der Waals surface area contributed by atoms with Crippen molar-refractivity contribution in [3.05, 3.63) is 16.1 Å². The Balaban J connectivity index is 2.58. The van der Waals surface area contributed by atoms with E-state index in [-0.39, 0.29) is 5.91 Å². The molecule has 1 heterocycles. The second-order valence-electron chi connectivity index (χ2n) is 5.76. The van der Waals surface area contributed by atoms with Crippen LogP contribution in [0.2, 0.25) is 0 Å². The topological polar surface area (TPSA) is 59.2 Å². The number of nitrogens with zero attached hydrogens (tertiary/aromatic N) is 2. The Morgan fingerprint density at radius 3 is 2.53 bits per heavy atom. The van der Waals surface area contributed by atoms with Crippen LogP contribution in [0.25, 0.3) is 0 Å². The molecule has 1 rings (SSSR count). The average Bonchev–Trinajstić information content (AvgIpc) is 2.75.